The molecule has 1 heterocycles. The van der Waals surface area contributed by atoms with Gasteiger partial charge in [-0.15, -0.1) is 0 Å². The van der Waals surface area contributed by atoms with Crippen molar-refractivity contribution in [3.05, 3.63) is 47.2 Å². The number of carbonyl (C=O) groups excluding carboxylic acids is 1. The van der Waals surface area contributed by atoms with E-state index in [4.69, 9.17) is 4.42 Å². The monoisotopic (exact) mass is 377 g/mol. The maximum atomic E-state index is 12.1. The Kier molecular flexibility index (Phi) is 5.43. The van der Waals surface area contributed by atoms with Crippen molar-refractivity contribution < 1.29 is 17.6 Å². The van der Waals surface area contributed by atoms with Crippen LogP contribution in [0.4, 0.5) is 0 Å². The lowest BCUT2D eigenvalue weighted by Gasteiger charge is -2.07. The average Bonchev–Trinajstić information content (AvgIpc) is 3.34. The summed E-state index contributed by atoms with van der Waals surface area (Å²) >= 11 is 0. The summed E-state index contributed by atoms with van der Waals surface area (Å²) in [5.74, 6) is 1.14. The van der Waals surface area contributed by atoms with Gasteiger partial charge in [-0.25, -0.2) is 18.1 Å². The predicted molar refractivity (Wildman–Crippen MR) is 95.9 cm³/mol. The largest absolute Gasteiger partial charge is 0.444 e. The molecule has 0 atom stereocenters. The molecular weight excluding hydrogens is 354 g/mol. The SMILES string of the molecule is Cc1nc(CNC(=O)CCc2ccc(S(=O)(=O)NC3CC3)cc2)oc1C. The number of hydrogen-bond donors (Lipinski definition) is 2. The summed E-state index contributed by atoms with van der Waals surface area (Å²) in [6.45, 7) is 3.95. The van der Waals surface area contributed by atoms with Crippen molar-refractivity contribution in [2.45, 2.75) is 57.0 Å². The second-order valence-corrected chi connectivity index (χ2v) is 8.28. The first-order valence-electron chi connectivity index (χ1n) is 8.64. The average molecular weight is 377 g/mol. The molecule has 1 aromatic carbocycles. The van der Waals surface area contributed by atoms with Crippen LogP contribution in [0.3, 0.4) is 0 Å². The molecule has 3 rings (SSSR count). The van der Waals surface area contributed by atoms with Crippen molar-refractivity contribution in [2.24, 2.45) is 0 Å². The van der Waals surface area contributed by atoms with Crippen LogP contribution in [0, 0.1) is 13.8 Å². The van der Waals surface area contributed by atoms with Gasteiger partial charge in [-0.05, 0) is 50.8 Å². The standard InChI is InChI=1S/C18H23N3O4S/c1-12-13(2)25-18(20-12)11-19-17(22)10-5-14-3-8-16(9-4-14)26(23,24)21-15-6-7-15/h3-4,8-9,15,21H,5-7,10-11H2,1-2H3,(H,19,22). The highest BCUT2D eigenvalue weighted by molar-refractivity contribution is 7.89. The van der Waals surface area contributed by atoms with Crippen LogP contribution in [0.25, 0.3) is 0 Å². The van der Waals surface area contributed by atoms with Gasteiger partial charge >= 0.3 is 0 Å². The first kappa shape index (κ1) is 18.6. The van der Waals surface area contributed by atoms with Gasteiger partial charge in [-0.3, -0.25) is 4.79 Å². The summed E-state index contributed by atoms with van der Waals surface area (Å²) < 4.78 is 32.3. The normalized spacial score (nSPS) is 14.4. The molecule has 7 nitrogen and oxygen atoms in total. The van der Waals surface area contributed by atoms with Crippen molar-refractivity contribution in [3.8, 4) is 0 Å². The van der Waals surface area contributed by atoms with Crippen LogP contribution in [-0.4, -0.2) is 25.4 Å². The molecule has 1 aromatic heterocycles. The van der Waals surface area contributed by atoms with E-state index in [2.05, 4.69) is 15.0 Å². The van der Waals surface area contributed by atoms with Crippen molar-refractivity contribution >= 4 is 15.9 Å². The number of nitrogens with zero attached hydrogens (tertiary/aromatic N) is 1. The van der Waals surface area contributed by atoms with Crippen molar-refractivity contribution in [3.63, 3.8) is 0 Å². The predicted octanol–water partition coefficient (Wildman–Crippen LogP) is 1.98. The Morgan fingerprint density at radius 3 is 2.50 bits per heavy atom. The highest BCUT2D eigenvalue weighted by Crippen LogP contribution is 2.22. The van der Waals surface area contributed by atoms with Gasteiger partial charge in [-0.2, -0.15) is 0 Å². The summed E-state index contributed by atoms with van der Waals surface area (Å²) in [4.78, 5) is 16.4. The molecule has 1 saturated carbocycles. The molecule has 0 spiro atoms. The number of hydrogen-bond acceptors (Lipinski definition) is 5. The fourth-order valence-electron chi connectivity index (χ4n) is 2.46. The fourth-order valence-corrected chi connectivity index (χ4v) is 3.76. The Balaban J connectivity index is 1.47. The van der Waals surface area contributed by atoms with E-state index in [0.29, 0.717) is 18.7 Å². The van der Waals surface area contributed by atoms with E-state index in [1.54, 1.807) is 24.3 Å². The number of rotatable bonds is 8. The van der Waals surface area contributed by atoms with Crippen LogP contribution in [-0.2, 0) is 27.8 Å². The third-order valence-corrected chi connectivity index (χ3v) is 5.82. The number of oxazole rings is 1. The lowest BCUT2D eigenvalue weighted by molar-refractivity contribution is -0.121. The summed E-state index contributed by atoms with van der Waals surface area (Å²) in [6.07, 6.45) is 2.65. The first-order chi connectivity index (χ1) is 12.3. The highest BCUT2D eigenvalue weighted by atomic mass is 32.2. The topological polar surface area (TPSA) is 101 Å². The molecule has 1 aliphatic rings. The van der Waals surface area contributed by atoms with Gasteiger partial charge in [0.2, 0.25) is 21.8 Å². The Morgan fingerprint density at radius 1 is 1.23 bits per heavy atom. The number of carbonyl (C=O) groups is 1. The molecule has 0 bridgehead atoms. The zero-order valence-corrected chi connectivity index (χ0v) is 15.7. The van der Waals surface area contributed by atoms with Crippen LogP contribution in [0.2, 0.25) is 0 Å². The lowest BCUT2D eigenvalue weighted by Crippen LogP contribution is -2.25. The number of aromatic nitrogens is 1. The van der Waals surface area contributed by atoms with E-state index in [1.165, 1.54) is 0 Å². The van der Waals surface area contributed by atoms with Gasteiger partial charge < -0.3 is 9.73 Å². The van der Waals surface area contributed by atoms with Crippen LogP contribution in [0.15, 0.2) is 33.6 Å². The lowest BCUT2D eigenvalue weighted by atomic mass is 10.1. The molecule has 0 aliphatic heterocycles. The van der Waals surface area contributed by atoms with Gasteiger partial charge in [0.05, 0.1) is 17.1 Å². The molecule has 0 unspecified atom stereocenters. The number of aryl methyl sites for hydroxylation is 3. The summed E-state index contributed by atoms with van der Waals surface area (Å²) in [5.41, 5.74) is 1.73. The third kappa shape index (κ3) is 4.92. The molecule has 1 amide bonds. The van der Waals surface area contributed by atoms with Gasteiger partial charge in [0.25, 0.3) is 0 Å². The minimum atomic E-state index is -3.43. The molecule has 140 valence electrons. The Morgan fingerprint density at radius 2 is 1.92 bits per heavy atom. The van der Waals surface area contributed by atoms with E-state index < -0.39 is 10.0 Å². The maximum absolute atomic E-state index is 12.1. The van der Waals surface area contributed by atoms with Crippen LogP contribution < -0.4 is 10.0 Å². The molecule has 1 aliphatic carbocycles. The van der Waals surface area contributed by atoms with Crippen LogP contribution >= 0.6 is 0 Å². The smallest absolute Gasteiger partial charge is 0.240 e. The molecule has 8 heteroatoms. The second-order valence-electron chi connectivity index (χ2n) is 6.57. The van der Waals surface area contributed by atoms with Crippen LogP contribution in [0.5, 0.6) is 0 Å². The minimum absolute atomic E-state index is 0.0830. The Hall–Kier alpha value is -2.19. The minimum Gasteiger partial charge on any atom is -0.444 e. The van der Waals surface area contributed by atoms with Crippen molar-refractivity contribution in [1.82, 2.24) is 15.0 Å². The van der Waals surface area contributed by atoms with E-state index in [1.807, 2.05) is 13.8 Å². The third-order valence-electron chi connectivity index (χ3n) is 4.28. The van der Waals surface area contributed by atoms with E-state index in [-0.39, 0.29) is 23.4 Å². The highest BCUT2D eigenvalue weighted by Gasteiger charge is 2.27. The molecule has 2 aromatic rings. The van der Waals surface area contributed by atoms with E-state index >= 15 is 0 Å². The summed E-state index contributed by atoms with van der Waals surface area (Å²) in [7, 11) is -3.43. The zero-order valence-electron chi connectivity index (χ0n) is 14.9. The Labute approximate surface area is 153 Å². The van der Waals surface area contributed by atoms with Gasteiger partial charge in [0.15, 0.2) is 0 Å². The van der Waals surface area contributed by atoms with Crippen LogP contribution in [0.1, 0.15) is 42.2 Å². The molecule has 2 N–H and O–H groups in total. The fraction of sp³-hybridized carbons (Fsp3) is 0.444. The molecule has 0 saturated heterocycles. The number of sulfonamides is 1. The molecule has 1 fully saturated rings. The molecule has 26 heavy (non-hydrogen) atoms. The Bertz CT molecular complexity index is 864. The molecule has 0 radical (unpaired) electrons. The van der Waals surface area contributed by atoms with Crippen molar-refractivity contribution in [1.29, 1.82) is 0 Å². The maximum Gasteiger partial charge on any atom is 0.240 e. The van der Waals surface area contributed by atoms with Crippen molar-refractivity contribution in [2.75, 3.05) is 0 Å². The van der Waals surface area contributed by atoms with E-state index in [9.17, 15) is 13.2 Å². The van der Waals surface area contributed by atoms with Gasteiger partial charge in [0.1, 0.15) is 5.76 Å². The van der Waals surface area contributed by atoms with Gasteiger partial charge in [-0.1, -0.05) is 12.1 Å². The number of benzene rings is 1. The zero-order chi connectivity index (χ0) is 18.7. The number of nitrogens with one attached hydrogen (secondary N) is 2. The quantitative estimate of drug-likeness (QED) is 0.732. The van der Waals surface area contributed by atoms with E-state index in [0.717, 1.165) is 29.9 Å². The van der Waals surface area contributed by atoms with Gasteiger partial charge in [0, 0.05) is 12.5 Å². The summed E-state index contributed by atoms with van der Waals surface area (Å²) in [6, 6.07) is 6.73. The first-order valence-corrected chi connectivity index (χ1v) is 10.1. The summed E-state index contributed by atoms with van der Waals surface area (Å²) in [5, 5.41) is 2.77. The molecular formula is C18H23N3O4S. The number of amides is 1. The second kappa shape index (κ2) is 7.59.